The fraction of sp³-hybridized carbons (Fsp3) is 0.400. The first kappa shape index (κ1) is 13.0. The third kappa shape index (κ3) is 2.68. The van der Waals surface area contributed by atoms with Gasteiger partial charge in [0, 0.05) is 17.6 Å². The van der Waals surface area contributed by atoms with Crippen molar-refractivity contribution in [3.63, 3.8) is 0 Å². The first-order valence-corrected chi connectivity index (χ1v) is 6.37. The lowest BCUT2D eigenvalue weighted by atomic mass is 9.93. The van der Waals surface area contributed by atoms with Gasteiger partial charge in [-0.15, -0.1) is 0 Å². The van der Waals surface area contributed by atoms with Crippen molar-refractivity contribution in [1.82, 2.24) is 4.98 Å². The van der Waals surface area contributed by atoms with Gasteiger partial charge in [-0.3, -0.25) is 4.98 Å². The highest BCUT2D eigenvalue weighted by atomic mass is 16.3. The van der Waals surface area contributed by atoms with Crippen LogP contribution in [0.1, 0.15) is 31.9 Å². The van der Waals surface area contributed by atoms with Crippen molar-refractivity contribution >= 4 is 10.9 Å². The predicted octanol–water partition coefficient (Wildman–Crippen LogP) is 2.64. The average molecular weight is 244 g/mol. The van der Waals surface area contributed by atoms with E-state index in [1.807, 2.05) is 30.3 Å². The Morgan fingerprint density at radius 3 is 2.67 bits per heavy atom. The molecule has 0 spiro atoms. The summed E-state index contributed by atoms with van der Waals surface area (Å²) in [6, 6.07) is 9.43. The molecule has 1 heterocycles. The molecule has 0 radical (unpaired) electrons. The van der Waals surface area contributed by atoms with Crippen molar-refractivity contribution in [2.24, 2.45) is 11.7 Å². The minimum atomic E-state index is -0.639. The van der Waals surface area contributed by atoms with E-state index in [-0.39, 0.29) is 6.04 Å². The average Bonchev–Trinajstić information content (AvgIpc) is 2.36. The molecule has 2 unspecified atom stereocenters. The fourth-order valence-electron chi connectivity index (χ4n) is 2.28. The topological polar surface area (TPSA) is 59.1 Å². The Labute approximate surface area is 108 Å². The van der Waals surface area contributed by atoms with Crippen molar-refractivity contribution in [3.8, 4) is 0 Å². The first-order chi connectivity index (χ1) is 8.59. The van der Waals surface area contributed by atoms with Crippen LogP contribution < -0.4 is 5.73 Å². The Balaban J connectivity index is 2.35. The maximum atomic E-state index is 10.4. The molecule has 0 amide bonds. The predicted molar refractivity (Wildman–Crippen MR) is 74.1 cm³/mol. The van der Waals surface area contributed by atoms with Crippen LogP contribution in [0.5, 0.6) is 0 Å². The summed E-state index contributed by atoms with van der Waals surface area (Å²) in [7, 11) is 0. The summed E-state index contributed by atoms with van der Waals surface area (Å²) in [4.78, 5) is 4.29. The van der Waals surface area contributed by atoms with Gasteiger partial charge in [0.1, 0.15) is 0 Å². The van der Waals surface area contributed by atoms with Crippen LogP contribution in [0.3, 0.4) is 0 Å². The van der Waals surface area contributed by atoms with Crippen LogP contribution in [-0.2, 0) is 0 Å². The molecule has 0 aliphatic heterocycles. The molecule has 3 nitrogen and oxygen atoms in total. The number of pyridine rings is 1. The van der Waals surface area contributed by atoms with E-state index in [1.165, 1.54) is 0 Å². The van der Waals surface area contributed by atoms with E-state index in [4.69, 9.17) is 5.73 Å². The molecule has 3 N–H and O–H groups in total. The lowest BCUT2D eigenvalue weighted by Crippen LogP contribution is -2.30. The highest BCUT2D eigenvalue weighted by Gasteiger charge is 2.19. The Hall–Kier alpha value is -1.45. The SMILES string of the molecule is CC(C)CC(N)C(O)c1ccnc2ccccc12. The molecule has 1 aromatic heterocycles. The molecule has 0 saturated heterocycles. The van der Waals surface area contributed by atoms with Gasteiger partial charge in [0.2, 0.25) is 0 Å². The number of rotatable bonds is 4. The van der Waals surface area contributed by atoms with Crippen LogP contribution in [0.2, 0.25) is 0 Å². The molecule has 0 fully saturated rings. The van der Waals surface area contributed by atoms with E-state index >= 15 is 0 Å². The van der Waals surface area contributed by atoms with Gasteiger partial charge >= 0.3 is 0 Å². The number of aliphatic hydroxyl groups excluding tert-OH is 1. The van der Waals surface area contributed by atoms with Gasteiger partial charge in [-0.1, -0.05) is 32.0 Å². The van der Waals surface area contributed by atoms with Crippen LogP contribution in [0.15, 0.2) is 36.5 Å². The van der Waals surface area contributed by atoms with Crippen LogP contribution >= 0.6 is 0 Å². The fourth-order valence-corrected chi connectivity index (χ4v) is 2.28. The Kier molecular flexibility index (Phi) is 3.94. The van der Waals surface area contributed by atoms with E-state index in [0.29, 0.717) is 5.92 Å². The third-order valence-corrected chi connectivity index (χ3v) is 3.15. The largest absolute Gasteiger partial charge is 0.387 e. The number of fused-ring (bicyclic) bond motifs is 1. The quantitative estimate of drug-likeness (QED) is 0.869. The number of nitrogens with zero attached hydrogens (tertiary/aromatic N) is 1. The lowest BCUT2D eigenvalue weighted by Gasteiger charge is -2.22. The summed E-state index contributed by atoms with van der Waals surface area (Å²) in [6.07, 6.45) is 1.89. The number of hydrogen-bond acceptors (Lipinski definition) is 3. The molecule has 2 atom stereocenters. The summed E-state index contributed by atoms with van der Waals surface area (Å²) >= 11 is 0. The molecule has 18 heavy (non-hydrogen) atoms. The van der Waals surface area contributed by atoms with Gasteiger partial charge < -0.3 is 10.8 Å². The molecular formula is C15H20N2O. The van der Waals surface area contributed by atoms with Gasteiger partial charge in [-0.2, -0.15) is 0 Å². The van der Waals surface area contributed by atoms with Crippen molar-refractivity contribution < 1.29 is 5.11 Å². The van der Waals surface area contributed by atoms with Crippen LogP contribution in [-0.4, -0.2) is 16.1 Å². The highest BCUT2D eigenvalue weighted by Crippen LogP contribution is 2.26. The van der Waals surface area contributed by atoms with E-state index in [1.54, 1.807) is 6.20 Å². The Morgan fingerprint density at radius 1 is 1.22 bits per heavy atom. The van der Waals surface area contributed by atoms with Crippen molar-refractivity contribution in [3.05, 3.63) is 42.1 Å². The molecule has 96 valence electrons. The van der Waals surface area contributed by atoms with Gasteiger partial charge in [0.25, 0.3) is 0 Å². The van der Waals surface area contributed by atoms with E-state index in [2.05, 4.69) is 18.8 Å². The second-order valence-corrected chi connectivity index (χ2v) is 5.16. The van der Waals surface area contributed by atoms with Crippen molar-refractivity contribution in [1.29, 1.82) is 0 Å². The van der Waals surface area contributed by atoms with Gasteiger partial charge in [-0.05, 0) is 30.0 Å². The number of nitrogens with two attached hydrogens (primary N) is 1. The second kappa shape index (κ2) is 5.46. The molecule has 2 aromatic rings. The Morgan fingerprint density at radius 2 is 1.94 bits per heavy atom. The van der Waals surface area contributed by atoms with Crippen LogP contribution in [0.25, 0.3) is 10.9 Å². The number of aromatic nitrogens is 1. The summed E-state index contributed by atoms with van der Waals surface area (Å²) < 4.78 is 0. The van der Waals surface area contributed by atoms with E-state index < -0.39 is 6.10 Å². The van der Waals surface area contributed by atoms with E-state index in [0.717, 1.165) is 22.9 Å². The maximum absolute atomic E-state index is 10.4. The summed E-state index contributed by atoms with van der Waals surface area (Å²) in [6.45, 7) is 4.22. The standard InChI is InChI=1S/C15H20N2O/c1-10(2)9-13(16)15(18)12-7-8-17-14-6-4-3-5-11(12)14/h3-8,10,13,15,18H,9,16H2,1-2H3. The zero-order chi connectivity index (χ0) is 13.1. The maximum Gasteiger partial charge on any atom is 0.0948 e. The first-order valence-electron chi connectivity index (χ1n) is 6.37. The minimum Gasteiger partial charge on any atom is -0.387 e. The van der Waals surface area contributed by atoms with Gasteiger partial charge in [0.05, 0.1) is 11.6 Å². The molecule has 0 aliphatic rings. The molecule has 2 rings (SSSR count). The molecule has 3 heteroatoms. The zero-order valence-electron chi connectivity index (χ0n) is 10.9. The number of benzene rings is 1. The molecular weight excluding hydrogens is 224 g/mol. The Bertz CT molecular complexity index is 519. The molecule has 0 bridgehead atoms. The number of para-hydroxylation sites is 1. The lowest BCUT2D eigenvalue weighted by molar-refractivity contribution is 0.137. The van der Waals surface area contributed by atoms with Crippen LogP contribution in [0, 0.1) is 5.92 Å². The third-order valence-electron chi connectivity index (χ3n) is 3.15. The van der Waals surface area contributed by atoms with Crippen LogP contribution in [0.4, 0.5) is 0 Å². The second-order valence-electron chi connectivity index (χ2n) is 5.16. The van der Waals surface area contributed by atoms with E-state index in [9.17, 15) is 5.11 Å². The summed E-state index contributed by atoms with van der Waals surface area (Å²) in [5.41, 5.74) is 7.83. The monoisotopic (exact) mass is 244 g/mol. The summed E-state index contributed by atoms with van der Waals surface area (Å²) in [5.74, 6) is 0.475. The van der Waals surface area contributed by atoms with Crippen molar-refractivity contribution in [2.75, 3.05) is 0 Å². The summed E-state index contributed by atoms with van der Waals surface area (Å²) in [5, 5.41) is 11.4. The number of aliphatic hydroxyl groups is 1. The molecule has 1 aromatic carbocycles. The molecule has 0 saturated carbocycles. The van der Waals surface area contributed by atoms with Gasteiger partial charge in [0.15, 0.2) is 0 Å². The zero-order valence-corrected chi connectivity index (χ0v) is 10.9. The molecule has 0 aliphatic carbocycles. The minimum absolute atomic E-state index is 0.240. The van der Waals surface area contributed by atoms with Gasteiger partial charge in [-0.25, -0.2) is 0 Å². The highest BCUT2D eigenvalue weighted by molar-refractivity contribution is 5.82. The normalized spacial score (nSPS) is 14.9. The smallest absolute Gasteiger partial charge is 0.0948 e. The number of hydrogen-bond donors (Lipinski definition) is 2. The van der Waals surface area contributed by atoms with Crippen molar-refractivity contribution in [2.45, 2.75) is 32.4 Å².